The molecule has 5 rings (SSSR count). The molecule has 0 radical (unpaired) electrons. The highest BCUT2D eigenvalue weighted by Gasteiger charge is 2.36. The fraction of sp³-hybridized carbons (Fsp3) is 0.310. The number of benzene rings is 1. The minimum Gasteiger partial charge on any atom is -0.459 e. The van der Waals surface area contributed by atoms with E-state index in [0.29, 0.717) is 11.7 Å². The Bertz CT molecular complexity index is 1240. The van der Waals surface area contributed by atoms with Crippen LogP contribution in [-0.4, -0.2) is 19.0 Å². The lowest BCUT2D eigenvalue weighted by atomic mass is 9.87. The van der Waals surface area contributed by atoms with Crippen LogP contribution in [0.1, 0.15) is 56.6 Å². The summed E-state index contributed by atoms with van der Waals surface area (Å²) in [5.74, 6) is 0.846. The monoisotopic (exact) mass is 487 g/mol. The Labute approximate surface area is 210 Å². The van der Waals surface area contributed by atoms with Crippen LogP contribution in [0.5, 0.6) is 0 Å². The largest absolute Gasteiger partial charge is 0.459 e. The second kappa shape index (κ2) is 10.6. The van der Waals surface area contributed by atoms with Crippen LogP contribution in [0.15, 0.2) is 77.7 Å². The summed E-state index contributed by atoms with van der Waals surface area (Å²) in [6.45, 7) is 6.54. The molecular weight excluding hydrogens is 454 g/mol. The lowest BCUT2D eigenvalue weighted by molar-refractivity contribution is -0.931. The van der Waals surface area contributed by atoms with Crippen LogP contribution in [0.2, 0.25) is 0 Å². The van der Waals surface area contributed by atoms with Gasteiger partial charge in [-0.05, 0) is 68.4 Å². The van der Waals surface area contributed by atoms with Crippen LogP contribution in [0.25, 0.3) is 0 Å². The molecule has 1 aliphatic heterocycles. The second-order valence-electron chi connectivity index (χ2n) is 9.52. The Hall–Kier alpha value is -3.22. The Morgan fingerprint density at radius 3 is 2.60 bits per heavy atom. The molecule has 180 valence electrons. The van der Waals surface area contributed by atoms with Crippen molar-refractivity contribution in [2.75, 3.05) is 18.4 Å². The number of piperidine rings is 1. The van der Waals surface area contributed by atoms with Crippen LogP contribution in [0.3, 0.4) is 0 Å². The SMILES string of the molecule is Cc1sc(NC(=O)c2ccco2)c(C(c2ccc[nH+]c2)[NH+]2CCC(Cc3ccccc3)CC2)c1C. The highest BCUT2D eigenvalue weighted by Crippen LogP contribution is 2.38. The molecule has 5 nitrogen and oxygen atoms in total. The third kappa shape index (κ3) is 5.24. The number of nitrogens with one attached hydrogen (secondary N) is 3. The minimum atomic E-state index is -0.201. The fourth-order valence-corrected chi connectivity index (χ4v) is 6.43. The van der Waals surface area contributed by atoms with E-state index in [-0.39, 0.29) is 11.9 Å². The number of H-pyrrole nitrogens is 1. The van der Waals surface area contributed by atoms with E-state index in [1.807, 2.05) is 6.20 Å². The maximum atomic E-state index is 12.9. The van der Waals surface area contributed by atoms with Crippen molar-refractivity contribution < 1.29 is 19.1 Å². The van der Waals surface area contributed by atoms with Gasteiger partial charge in [0, 0.05) is 10.9 Å². The number of furan rings is 1. The van der Waals surface area contributed by atoms with Crippen molar-refractivity contribution in [1.82, 2.24) is 0 Å². The smallest absolute Gasteiger partial charge is 0.291 e. The summed E-state index contributed by atoms with van der Waals surface area (Å²) in [5, 5.41) is 4.09. The van der Waals surface area contributed by atoms with Gasteiger partial charge in [-0.25, -0.2) is 4.98 Å². The van der Waals surface area contributed by atoms with E-state index in [1.54, 1.807) is 28.4 Å². The second-order valence-corrected chi connectivity index (χ2v) is 10.7. The van der Waals surface area contributed by atoms with Gasteiger partial charge in [-0.3, -0.25) is 4.79 Å². The quantitative estimate of drug-likeness (QED) is 0.399. The summed E-state index contributed by atoms with van der Waals surface area (Å²) in [6, 6.07) is 18.7. The first-order valence-corrected chi connectivity index (χ1v) is 13.2. The van der Waals surface area contributed by atoms with Crippen molar-refractivity contribution >= 4 is 22.2 Å². The van der Waals surface area contributed by atoms with Crippen molar-refractivity contribution in [3.05, 3.63) is 106 Å². The van der Waals surface area contributed by atoms with E-state index in [2.05, 4.69) is 72.8 Å². The molecule has 4 aromatic rings. The van der Waals surface area contributed by atoms with Gasteiger partial charge in [-0.2, -0.15) is 0 Å². The molecule has 0 aliphatic carbocycles. The number of hydrogen-bond acceptors (Lipinski definition) is 3. The van der Waals surface area contributed by atoms with Gasteiger partial charge in [0.15, 0.2) is 18.2 Å². The molecule has 35 heavy (non-hydrogen) atoms. The van der Waals surface area contributed by atoms with E-state index in [1.165, 1.54) is 46.2 Å². The van der Waals surface area contributed by atoms with Gasteiger partial charge in [-0.15, -0.1) is 11.3 Å². The molecule has 6 heteroatoms. The first-order valence-electron chi connectivity index (χ1n) is 12.4. The average molecular weight is 488 g/mol. The normalized spacial score (nSPS) is 18.8. The molecule has 1 fully saturated rings. The maximum absolute atomic E-state index is 12.9. The van der Waals surface area contributed by atoms with Crippen LogP contribution >= 0.6 is 11.3 Å². The number of carbonyl (C=O) groups excluding carboxylic acids is 1. The van der Waals surface area contributed by atoms with Crippen molar-refractivity contribution in [3.63, 3.8) is 0 Å². The molecule has 0 bridgehead atoms. The van der Waals surface area contributed by atoms with Gasteiger partial charge in [0.25, 0.3) is 5.91 Å². The van der Waals surface area contributed by atoms with Crippen LogP contribution < -0.4 is 15.2 Å². The first-order chi connectivity index (χ1) is 17.1. The van der Waals surface area contributed by atoms with Crippen molar-refractivity contribution in [2.45, 2.75) is 39.2 Å². The minimum absolute atomic E-state index is 0.155. The van der Waals surface area contributed by atoms with Crippen LogP contribution in [-0.2, 0) is 6.42 Å². The number of likely N-dealkylation sites (tertiary alicyclic amines) is 1. The van der Waals surface area contributed by atoms with Gasteiger partial charge in [0.1, 0.15) is 11.0 Å². The maximum Gasteiger partial charge on any atom is 0.291 e. The number of hydrogen-bond donors (Lipinski definition) is 2. The number of aromatic amines is 1. The summed E-state index contributed by atoms with van der Waals surface area (Å²) in [4.78, 5) is 19.0. The van der Waals surface area contributed by atoms with E-state index in [4.69, 9.17) is 4.42 Å². The summed E-state index contributed by atoms with van der Waals surface area (Å²) >= 11 is 1.66. The molecule has 0 saturated carbocycles. The third-order valence-corrected chi connectivity index (χ3v) is 8.42. The molecule has 0 spiro atoms. The standard InChI is InChI=1S/C29H31N3O2S/c1-20-21(2)35-29(31-28(33)25-11-7-17-34-25)26(20)27(24-10-6-14-30-19-24)32-15-12-23(13-16-32)18-22-8-4-3-5-9-22/h3-11,14,17,19,23,27H,12-13,15-16,18H2,1-2H3,(H,31,33)/p+2. The molecule has 1 unspecified atom stereocenters. The molecule has 3 N–H and O–H groups in total. The molecule has 1 aromatic carbocycles. The summed E-state index contributed by atoms with van der Waals surface area (Å²) in [5.41, 5.74) is 5.17. The van der Waals surface area contributed by atoms with Gasteiger partial charge >= 0.3 is 0 Å². The molecule has 1 amide bonds. The van der Waals surface area contributed by atoms with E-state index < -0.39 is 0 Å². The van der Waals surface area contributed by atoms with E-state index in [9.17, 15) is 4.79 Å². The Balaban J connectivity index is 1.42. The summed E-state index contributed by atoms with van der Waals surface area (Å²) in [7, 11) is 0. The molecule has 1 aliphatic rings. The highest BCUT2D eigenvalue weighted by molar-refractivity contribution is 7.16. The Kier molecular flexibility index (Phi) is 7.11. The zero-order chi connectivity index (χ0) is 24.2. The zero-order valence-electron chi connectivity index (χ0n) is 20.3. The van der Waals surface area contributed by atoms with Crippen molar-refractivity contribution in [2.24, 2.45) is 5.92 Å². The lowest BCUT2D eigenvalue weighted by Crippen LogP contribution is -3.13. The van der Waals surface area contributed by atoms with E-state index >= 15 is 0 Å². The third-order valence-electron chi connectivity index (χ3n) is 7.28. The van der Waals surface area contributed by atoms with Crippen LogP contribution in [0.4, 0.5) is 5.00 Å². The number of carbonyl (C=O) groups is 1. The Morgan fingerprint density at radius 2 is 1.91 bits per heavy atom. The van der Waals surface area contributed by atoms with Crippen molar-refractivity contribution in [1.29, 1.82) is 0 Å². The number of thiophene rings is 1. The number of quaternary nitrogens is 1. The predicted octanol–water partition coefficient (Wildman–Crippen LogP) is 4.65. The fourth-order valence-electron chi connectivity index (χ4n) is 5.34. The number of aryl methyl sites for hydroxylation is 1. The molecule has 1 saturated heterocycles. The Morgan fingerprint density at radius 1 is 1.11 bits per heavy atom. The summed E-state index contributed by atoms with van der Waals surface area (Å²) in [6.07, 6.45) is 9.15. The van der Waals surface area contributed by atoms with Gasteiger partial charge < -0.3 is 14.6 Å². The predicted molar refractivity (Wildman–Crippen MR) is 139 cm³/mol. The topological polar surface area (TPSA) is 60.8 Å². The van der Waals surface area contributed by atoms with Crippen molar-refractivity contribution in [3.8, 4) is 0 Å². The molecule has 4 heterocycles. The van der Waals surface area contributed by atoms with Gasteiger partial charge in [0.05, 0.1) is 30.5 Å². The van der Waals surface area contributed by atoms with Crippen LogP contribution in [0, 0.1) is 19.8 Å². The van der Waals surface area contributed by atoms with Gasteiger partial charge in [0.2, 0.25) is 0 Å². The first kappa shape index (κ1) is 23.5. The molecule has 1 atom stereocenters. The number of rotatable bonds is 7. The molecular formula is C29H33N3O2S+2. The van der Waals surface area contributed by atoms with Gasteiger partial charge in [-0.1, -0.05) is 30.3 Å². The number of pyridine rings is 1. The number of amides is 1. The number of aromatic nitrogens is 1. The lowest BCUT2D eigenvalue weighted by Gasteiger charge is -2.35. The summed E-state index contributed by atoms with van der Waals surface area (Å²) < 4.78 is 5.35. The number of anilines is 1. The van der Waals surface area contributed by atoms with E-state index in [0.717, 1.165) is 24.5 Å². The molecule has 3 aromatic heterocycles. The zero-order valence-corrected chi connectivity index (χ0v) is 21.2. The average Bonchev–Trinajstić information content (AvgIpc) is 3.52. The highest BCUT2D eigenvalue weighted by atomic mass is 32.1.